The number of hydrogen-bond acceptors (Lipinski definition) is 4. The number of carbonyl (C=O) groups is 1. The zero-order valence-electron chi connectivity index (χ0n) is 12.4. The Kier molecular flexibility index (Phi) is 3.91. The molecule has 4 unspecified atom stereocenters. The largest absolute Gasteiger partial charge is 0.383 e. The van der Waals surface area contributed by atoms with Gasteiger partial charge in [-0.15, -0.1) is 0 Å². The number of nitrogens with two attached hydrogens (primary N) is 1. The molecule has 1 amide bonds. The predicted octanol–water partition coefficient (Wildman–Crippen LogP) is 0.670. The summed E-state index contributed by atoms with van der Waals surface area (Å²) >= 11 is 0. The van der Waals surface area contributed by atoms with Crippen LogP contribution in [-0.4, -0.2) is 43.9 Å². The van der Waals surface area contributed by atoms with Crippen molar-refractivity contribution in [3.05, 3.63) is 0 Å². The molecule has 1 aliphatic carbocycles. The zero-order chi connectivity index (χ0) is 14.3. The Morgan fingerprint density at radius 2 is 2.26 bits per heavy atom. The van der Waals surface area contributed by atoms with Gasteiger partial charge in [-0.1, -0.05) is 20.8 Å². The number of methoxy groups -OCH3 is 1. The Bertz CT molecular complexity index is 359. The number of carbonyl (C=O) groups excluding carboxylic acids is 1. The van der Waals surface area contributed by atoms with E-state index in [2.05, 4.69) is 5.32 Å². The van der Waals surface area contributed by atoms with Crippen molar-refractivity contribution in [1.29, 1.82) is 0 Å². The highest BCUT2D eigenvalue weighted by molar-refractivity contribution is 5.89. The van der Waals surface area contributed by atoms with Gasteiger partial charge in [-0.3, -0.25) is 4.79 Å². The lowest BCUT2D eigenvalue weighted by Crippen LogP contribution is -2.80. The molecule has 4 atom stereocenters. The fourth-order valence-corrected chi connectivity index (χ4v) is 3.61. The van der Waals surface area contributed by atoms with E-state index < -0.39 is 5.54 Å². The predicted molar refractivity (Wildman–Crippen MR) is 72.6 cm³/mol. The summed E-state index contributed by atoms with van der Waals surface area (Å²) < 4.78 is 10.8. The lowest BCUT2D eigenvalue weighted by atomic mass is 9.48. The van der Waals surface area contributed by atoms with Gasteiger partial charge in [0, 0.05) is 25.0 Å². The fraction of sp³-hybridized carbons (Fsp3) is 0.929. The lowest BCUT2D eigenvalue weighted by Gasteiger charge is -2.60. The van der Waals surface area contributed by atoms with Gasteiger partial charge in [-0.2, -0.15) is 0 Å². The van der Waals surface area contributed by atoms with Crippen molar-refractivity contribution in [2.75, 3.05) is 20.3 Å². The minimum Gasteiger partial charge on any atom is -0.383 e. The average Bonchev–Trinajstić information content (AvgIpc) is 2.84. The first-order valence-electron chi connectivity index (χ1n) is 7.10. The maximum Gasteiger partial charge on any atom is 0.241 e. The van der Waals surface area contributed by atoms with E-state index in [1.807, 2.05) is 20.8 Å². The molecule has 0 aromatic carbocycles. The summed E-state index contributed by atoms with van der Waals surface area (Å²) in [7, 11) is 1.64. The van der Waals surface area contributed by atoms with E-state index >= 15 is 0 Å². The molecule has 5 nitrogen and oxygen atoms in total. The minimum absolute atomic E-state index is 0.0232. The van der Waals surface area contributed by atoms with Gasteiger partial charge in [-0.25, -0.2) is 0 Å². The lowest BCUT2D eigenvalue weighted by molar-refractivity contribution is -0.176. The van der Waals surface area contributed by atoms with Crippen molar-refractivity contribution in [1.82, 2.24) is 5.32 Å². The molecule has 0 radical (unpaired) electrons. The van der Waals surface area contributed by atoms with E-state index in [1.165, 1.54) is 0 Å². The van der Waals surface area contributed by atoms with Crippen LogP contribution in [-0.2, 0) is 14.3 Å². The number of rotatable bonds is 5. The monoisotopic (exact) mass is 270 g/mol. The van der Waals surface area contributed by atoms with E-state index in [9.17, 15) is 4.79 Å². The van der Waals surface area contributed by atoms with Gasteiger partial charge < -0.3 is 20.5 Å². The van der Waals surface area contributed by atoms with Crippen molar-refractivity contribution in [3.8, 4) is 0 Å². The second kappa shape index (κ2) is 5.04. The Morgan fingerprint density at radius 1 is 1.58 bits per heavy atom. The van der Waals surface area contributed by atoms with E-state index in [-0.39, 0.29) is 29.4 Å². The van der Waals surface area contributed by atoms with Gasteiger partial charge in [0.25, 0.3) is 0 Å². The van der Waals surface area contributed by atoms with Crippen LogP contribution in [0.4, 0.5) is 0 Å². The molecular formula is C14H26N2O3. The van der Waals surface area contributed by atoms with Crippen molar-refractivity contribution in [2.24, 2.45) is 17.1 Å². The second-order valence-corrected chi connectivity index (χ2v) is 6.31. The number of amides is 1. The van der Waals surface area contributed by atoms with Crippen LogP contribution in [0.5, 0.6) is 0 Å². The van der Waals surface area contributed by atoms with Gasteiger partial charge >= 0.3 is 0 Å². The molecule has 110 valence electrons. The number of fused-ring (bicyclic) bond motifs is 1. The van der Waals surface area contributed by atoms with Crippen LogP contribution >= 0.6 is 0 Å². The molecular weight excluding hydrogens is 244 g/mol. The first-order chi connectivity index (χ1) is 8.89. The van der Waals surface area contributed by atoms with Crippen LogP contribution in [0, 0.1) is 11.3 Å². The highest BCUT2D eigenvalue weighted by Gasteiger charge is 2.71. The topological polar surface area (TPSA) is 73.6 Å². The minimum atomic E-state index is -0.824. The van der Waals surface area contributed by atoms with E-state index in [1.54, 1.807) is 7.11 Å². The summed E-state index contributed by atoms with van der Waals surface area (Å²) in [5.41, 5.74) is 5.34. The Hall–Kier alpha value is -0.650. The highest BCUT2D eigenvalue weighted by atomic mass is 16.5. The molecule has 2 aliphatic rings. The summed E-state index contributed by atoms with van der Waals surface area (Å²) in [5.74, 6) is 0.0794. The zero-order valence-corrected chi connectivity index (χ0v) is 12.4. The molecule has 1 saturated carbocycles. The summed E-state index contributed by atoms with van der Waals surface area (Å²) in [6, 6.07) is 0.0232. The standard InChI is InChI=1S/C14H26N2O3/c1-5-9(8-18-4)16-12(17)14(15)10-6-7-19-11(10)13(14,2)3/h9-11H,5-8,15H2,1-4H3,(H,16,17). The third-order valence-electron chi connectivity index (χ3n) is 5.03. The van der Waals surface area contributed by atoms with Crippen LogP contribution in [0.15, 0.2) is 0 Å². The van der Waals surface area contributed by atoms with Crippen molar-refractivity contribution < 1.29 is 14.3 Å². The van der Waals surface area contributed by atoms with Crippen LogP contribution in [0.1, 0.15) is 33.6 Å². The Balaban J connectivity index is 2.09. The Morgan fingerprint density at radius 3 is 2.84 bits per heavy atom. The van der Waals surface area contributed by atoms with Gasteiger partial charge in [0.1, 0.15) is 5.54 Å². The van der Waals surface area contributed by atoms with E-state index in [0.717, 1.165) is 12.8 Å². The molecule has 19 heavy (non-hydrogen) atoms. The first-order valence-corrected chi connectivity index (χ1v) is 7.10. The summed E-state index contributed by atoms with van der Waals surface area (Å²) in [6.45, 7) is 7.30. The molecule has 5 heteroatoms. The highest BCUT2D eigenvalue weighted by Crippen LogP contribution is 2.58. The number of ether oxygens (including phenoxy) is 2. The molecule has 1 saturated heterocycles. The van der Waals surface area contributed by atoms with E-state index in [4.69, 9.17) is 15.2 Å². The van der Waals surface area contributed by atoms with Gasteiger partial charge in [-0.05, 0) is 12.8 Å². The molecule has 3 N–H and O–H groups in total. The quantitative estimate of drug-likeness (QED) is 0.770. The third kappa shape index (κ3) is 1.99. The van der Waals surface area contributed by atoms with Crippen molar-refractivity contribution in [3.63, 3.8) is 0 Å². The maximum absolute atomic E-state index is 12.6. The first kappa shape index (κ1) is 14.8. The normalized spacial score (nSPS) is 37.3. The van der Waals surface area contributed by atoms with Gasteiger partial charge in [0.15, 0.2) is 0 Å². The van der Waals surface area contributed by atoms with Crippen LogP contribution < -0.4 is 11.1 Å². The van der Waals surface area contributed by atoms with Gasteiger partial charge in [0.2, 0.25) is 5.91 Å². The molecule has 1 aliphatic heterocycles. The molecule has 2 fully saturated rings. The molecule has 0 spiro atoms. The van der Waals surface area contributed by atoms with Crippen LogP contribution in [0.25, 0.3) is 0 Å². The summed E-state index contributed by atoms with van der Waals surface area (Å²) in [5, 5.41) is 3.03. The second-order valence-electron chi connectivity index (χ2n) is 6.31. The van der Waals surface area contributed by atoms with Gasteiger partial charge in [0.05, 0.1) is 18.8 Å². The smallest absolute Gasteiger partial charge is 0.241 e. The fourth-order valence-electron chi connectivity index (χ4n) is 3.61. The summed E-state index contributed by atoms with van der Waals surface area (Å²) in [6.07, 6.45) is 1.82. The van der Waals surface area contributed by atoms with Crippen LogP contribution in [0.3, 0.4) is 0 Å². The number of hydrogen-bond donors (Lipinski definition) is 2. The molecule has 0 aromatic rings. The average molecular weight is 270 g/mol. The Labute approximate surface area is 115 Å². The SMILES string of the molecule is CCC(COC)NC(=O)C1(N)C2CCOC2C1(C)C. The molecule has 0 aromatic heterocycles. The number of nitrogens with one attached hydrogen (secondary N) is 1. The molecule has 2 rings (SSSR count). The van der Waals surface area contributed by atoms with E-state index in [0.29, 0.717) is 13.2 Å². The maximum atomic E-state index is 12.6. The molecule has 0 bridgehead atoms. The van der Waals surface area contributed by atoms with Crippen molar-refractivity contribution in [2.45, 2.75) is 51.3 Å². The molecule has 1 heterocycles. The summed E-state index contributed by atoms with van der Waals surface area (Å²) in [4.78, 5) is 12.6. The van der Waals surface area contributed by atoms with Crippen molar-refractivity contribution >= 4 is 5.91 Å². The van der Waals surface area contributed by atoms with Crippen LogP contribution in [0.2, 0.25) is 0 Å². The third-order valence-corrected chi connectivity index (χ3v) is 5.03.